The van der Waals surface area contributed by atoms with Crippen molar-refractivity contribution in [2.75, 3.05) is 13.1 Å². The molecule has 2 nitrogen and oxygen atoms in total. The maximum atomic E-state index is 12.5. The van der Waals surface area contributed by atoms with Gasteiger partial charge in [0.1, 0.15) is 10.5 Å². The van der Waals surface area contributed by atoms with Gasteiger partial charge in [-0.1, -0.05) is 0 Å². The van der Waals surface area contributed by atoms with Crippen LogP contribution < -0.4 is 0 Å². The van der Waals surface area contributed by atoms with E-state index < -0.39 is 15.9 Å². The summed E-state index contributed by atoms with van der Waals surface area (Å²) in [5.41, 5.74) is -0.684. The van der Waals surface area contributed by atoms with Crippen LogP contribution in [0.2, 0.25) is 0 Å². The summed E-state index contributed by atoms with van der Waals surface area (Å²) in [6, 6.07) is 0. The molecular formula is C8H10Cl2FNO. The quantitative estimate of drug-likeness (QED) is 0.623. The van der Waals surface area contributed by atoms with Crippen molar-refractivity contribution in [3.05, 3.63) is 0 Å². The first-order valence-corrected chi connectivity index (χ1v) is 4.94. The molecule has 1 aliphatic carbocycles. The molecule has 5 heteroatoms. The van der Waals surface area contributed by atoms with Gasteiger partial charge in [0.25, 0.3) is 0 Å². The lowest BCUT2D eigenvalue weighted by Crippen LogP contribution is -2.54. The van der Waals surface area contributed by atoms with E-state index in [0.29, 0.717) is 6.42 Å². The highest BCUT2D eigenvalue weighted by Gasteiger charge is 2.69. The monoisotopic (exact) mass is 225 g/mol. The van der Waals surface area contributed by atoms with Crippen LogP contribution in [0.1, 0.15) is 13.3 Å². The molecule has 2 rings (SSSR count). The molecule has 0 radical (unpaired) electrons. The molecule has 1 atom stereocenters. The van der Waals surface area contributed by atoms with Crippen molar-refractivity contribution in [2.45, 2.75) is 23.8 Å². The van der Waals surface area contributed by atoms with E-state index >= 15 is 0 Å². The zero-order chi connectivity index (χ0) is 9.85. The van der Waals surface area contributed by atoms with Crippen LogP contribution in [-0.4, -0.2) is 34.4 Å². The number of halogens is 3. The highest BCUT2D eigenvalue weighted by molar-refractivity contribution is 6.53. The summed E-state index contributed by atoms with van der Waals surface area (Å²) in [4.78, 5) is 13.1. The third-order valence-corrected chi connectivity index (χ3v) is 3.96. The van der Waals surface area contributed by atoms with Gasteiger partial charge >= 0.3 is 0 Å². The standard InChI is InChI=1S/C8H10Cl2FNO/c1-7(4-8(7,9)10)6(13)12-2-5(11)3-12/h5H,2-4H2,1H3. The fourth-order valence-electron chi connectivity index (χ4n) is 1.57. The summed E-state index contributed by atoms with van der Waals surface area (Å²) >= 11 is 11.7. The maximum Gasteiger partial charge on any atom is 0.231 e. The Morgan fingerprint density at radius 1 is 1.54 bits per heavy atom. The van der Waals surface area contributed by atoms with Gasteiger partial charge in [0.2, 0.25) is 5.91 Å². The number of alkyl halides is 3. The molecule has 0 bridgehead atoms. The van der Waals surface area contributed by atoms with Crippen molar-refractivity contribution in [3.63, 3.8) is 0 Å². The summed E-state index contributed by atoms with van der Waals surface area (Å²) in [5.74, 6) is -0.119. The predicted octanol–water partition coefficient (Wildman–Crippen LogP) is 1.75. The Hall–Kier alpha value is -0.0200. The van der Waals surface area contributed by atoms with E-state index in [1.165, 1.54) is 4.90 Å². The Balaban J connectivity index is 2.00. The Bertz CT molecular complexity index is 265. The summed E-state index contributed by atoms with van der Waals surface area (Å²) in [7, 11) is 0. The first kappa shape index (κ1) is 9.53. The molecule has 2 fully saturated rings. The Labute approximate surface area is 86.0 Å². The number of hydrogen-bond donors (Lipinski definition) is 0. The smallest absolute Gasteiger partial charge is 0.231 e. The molecule has 1 aliphatic heterocycles. The van der Waals surface area contributed by atoms with Crippen molar-refractivity contribution in [1.29, 1.82) is 0 Å². The second-order valence-electron chi connectivity index (χ2n) is 4.02. The molecule has 0 N–H and O–H groups in total. The molecule has 13 heavy (non-hydrogen) atoms. The van der Waals surface area contributed by atoms with Gasteiger partial charge in [-0.3, -0.25) is 4.79 Å². The summed E-state index contributed by atoms with van der Waals surface area (Å²) in [6.45, 7) is 2.11. The van der Waals surface area contributed by atoms with Gasteiger partial charge in [0.05, 0.1) is 18.5 Å². The fourth-order valence-corrected chi connectivity index (χ4v) is 2.27. The first-order valence-electron chi connectivity index (χ1n) is 4.18. The van der Waals surface area contributed by atoms with E-state index in [1.807, 2.05) is 0 Å². The molecule has 1 saturated carbocycles. The van der Waals surface area contributed by atoms with Crippen LogP contribution in [0, 0.1) is 5.41 Å². The molecule has 1 amide bonds. The average Bonchev–Trinajstić information content (AvgIpc) is 2.45. The zero-order valence-electron chi connectivity index (χ0n) is 7.19. The molecule has 2 aliphatic rings. The lowest BCUT2D eigenvalue weighted by molar-refractivity contribution is -0.143. The maximum absolute atomic E-state index is 12.5. The van der Waals surface area contributed by atoms with Gasteiger partial charge in [-0.25, -0.2) is 4.39 Å². The van der Waals surface area contributed by atoms with Crippen molar-refractivity contribution < 1.29 is 9.18 Å². The normalized spacial score (nSPS) is 37.1. The lowest BCUT2D eigenvalue weighted by atomic mass is 10.0. The van der Waals surface area contributed by atoms with Gasteiger partial charge in [0, 0.05) is 0 Å². The third-order valence-electron chi connectivity index (χ3n) is 2.85. The van der Waals surface area contributed by atoms with Gasteiger partial charge in [-0.2, -0.15) is 0 Å². The minimum absolute atomic E-state index is 0.119. The number of nitrogens with zero attached hydrogens (tertiary/aromatic N) is 1. The number of amides is 1. The molecule has 0 aromatic carbocycles. The Morgan fingerprint density at radius 3 is 2.31 bits per heavy atom. The van der Waals surface area contributed by atoms with Gasteiger partial charge in [-0.15, -0.1) is 23.2 Å². The fraction of sp³-hybridized carbons (Fsp3) is 0.875. The molecule has 1 unspecified atom stereocenters. The topological polar surface area (TPSA) is 20.3 Å². The summed E-state index contributed by atoms with van der Waals surface area (Å²) in [6.07, 6.45) is -0.401. The van der Waals surface area contributed by atoms with Crippen LogP contribution in [0.25, 0.3) is 0 Å². The van der Waals surface area contributed by atoms with Crippen LogP contribution in [0.15, 0.2) is 0 Å². The van der Waals surface area contributed by atoms with E-state index in [4.69, 9.17) is 23.2 Å². The van der Waals surface area contributed by atoms with Crippen molar-refractivity contribution in [2.24, 2.45) is 5.41 Å². The van der Waals surface area contributed by atoms with E-state index in [1.54, 1.807) is 6.92 Å². The molecule has 0 aromatic heterocycles. The number of carbonyl (C=O) groups is 1. The number of carbonyl (C=O) groups excluding carboxylic acids is 1. The Kier molecular flexibility index (Phi) is 1.84. The van der Waals surface area contributed by atoms with Crippen LogP contribution >= 0.6 is 23.2 Å². The molecule has 1 saturated heterocycles. The van der Waals surface area contributed by atoms with E-state index in [2.05, 4.69) is 0 Å². The molecule has 1 heterocycles. The molecule has 0 spiro atoms. The summed E-state index contributed by atoms with van der Waals surface area (Å²) in [5, 5.41) is 0. The minimum Gasteiger partial charge on any atom is -0.336 e. The van der Waals surface area contributed by atoms with E-state index in [9.17, 15) is 9.18 Å². The average molecular weight is 226 g/mol. The van der Waals surface area contributed by atoms with Crippen LogP contribution in [0.4, 0.5) is 4.39 Å². The Morgan fingerprint density at radius 2 is 2.00 bits per heavy atom. The van der Waals surface area contributed by atoms with Gasteiger partial charge < -0.3 is 4.90 Å². The highest BCUT2D eigenvalue weighted by atomic mass is 35.5. The van der Waals surface area contributed by atoms with Crippen molar-refractivity contribution in [3.8, 4) is 0 Å². The summed E-state index contributed by atoms with van der Waals surface area (Å²) < 4.78 is 11.5. The number of rotatable bonds is 1. The van der Waals surface area contributed by atoms with E-state index in [0.717, 1.165) is 0 Å². The predicted molar refractivity (Wildman–Crippen MR) is 48.6 cm³/mol. The van der Waals surface area contributed by atoms with Gasteiger partial charge in [0.15, 0.2) is 0 Å². The number of likely N-dealkylation sites (tertiary alicyclic amines) is 1. The lowest BCUT2D eigenvalue weighted by Gasteiger charge is -2.36. The van der Waals surface area contributed by atoms with E-state index in [-0.39, 0.29) is 19.0 Å². The van der Waals surface area contributed by atoms with Crippen LogP contribution in [-0.2, 0) is 4.79 Å². The largest absolute Gasteiger partial charge is 0.336 e. The minimum atomic E-state index is -0.939. The second-order valence-corrected chi connectivity index (χ2v) is 5.50. The highest BCUT2D eigenvalue weighted by Crippen LogP contribution is 2.64. The number of hydrogen-bond acceptors (Lipinski definition) is 1. The SMILES string of the molecule is CC1(C(=O)N2CC(F)C2)CC1(Cl)Cl. The van der Waals surface area contributed by atoms with Crippen molar-refractivity contribution >= 4 is 29.1 Å². The second kappa shape index (κ2) is 2.51. The first-order chi connectivity index (χ1) is 5.87. The molecule has 74 valence electrons. The molecule has 0 aromatic rings. The zero-order valence-corrected chi connectivity index (χ0v) is 8.70. The van der Waals surface area contributed by atoms with Crippen molar-refractivity contribution in [1.82, 2.24) is 4.90 Å². The van der Waals surface area contributed by atoms with Crippen LogP contribution in [0.3, 0.4) is 0 Å². The van der Waals surface area contributed by atoms with Crippen LogP contribution in [0.5, 0.6) is 0 Å². The van der Waals surface area contributed by atoms with Gasteiger partial charge in [-0.05, 0) is 13.3 Å². The third kappa shape index (κ3) is 1.24. The molecular weight excluding hydrogens is 216 g/mol.